The van der Waals surface area contributed by atoms with Crippen molar-refractivity contribution in [3.63, 3.8) is 0 Å². The van der Waals surface area contributed by atoms with Gasteiger partial charge in [-0.2, -0.15) is 0 Å². The van der Waals surface area contributed by atoms with Crippen LogP contribution in [0.25, 0.3) is 10.9 Å². The number of pyridine rings is 1. The fraction of sp³-hybridized carbons (Fsp3) is 0.667. The van der Waals surface area contributed by atoms with Gasteiger partial charge in [0, 0.05) is 30.4 Å². The van der Waals surface area contributed by atoms with Crippen LogP contribution in [0.1, 0.15) is 54.2 Å². The first kappa shape index (κ1) is 20.5. The summed E-state index contributed by atoms with van der Waals surface area (Å²) >= 11 is 0. The molecular formula is C21H34N2O3Si. The summed E-state index contributed by atoms with van der Waals surface area (Å²) in [6.07, 6.45) is 5.29. The molecule has 2 aromatic heterocycles. The first-order chi connectivity index (χ1) is 12.8. The Balaban J connectivity index is 1.73. The molecule has 5 nitrogen and oxygen atoms in total. The van der Waals surface area contributed by atoms with Crippen LogP contribution in [0.3, 0.4) is 0 Å². The second-order valence-corrected chi connectivity index (χ2v) is 14.2. The maximum atomic E-state index is 10.6. The molecule has 0 amide bonds. The van der Waals surface area contributed by atoms with Crippen LogP contribution >= 0.6 is 0 Å². The Labute approximate surface area is 163 Å². The zero-order valence-electron chi connectivity index (χ0n) is 17.4. The van der Waals surface area contributed by atoms with Crippen molar-refractivity contribution in [1.82, 2.24) is 9.55 Å². The maximum absolute atomic E-state index is 10.6. The van der Waals surface area contributed by atoms with Crippen LogP contribution in [0.4, 0.5) is 0 Å². The van der Waals surface area contributed by atoms with Gasteiger partial charge in [0.15, 0.2) is 8.32 Å². The van der Waals surface area contributed by atoms with Gasteiger partial charge in [-0.25, -0.2) is 0 Å². The highest BCUT2D eigenvalue weighted by Gasteiger charge is 2.46. The summed E-state index contributed by atoms with van der Waals surface area (Å²) in [6.45, 7) is 14.1. The molecule has 0 aliphatic carbocycles. The minimum atomic E-state index is -1.96. The summed E-state index contributed by atoms with van der Waals surface area (Å²) in [4.78, 5) is 4.17. The van der Waals surface area contributed by atoms with Gasteiger partial charge in [-0.3, -0.25) is 4.98 Å². The van der Waals surface area contributed by atoms with Crippen LogP contribution in [0.5, 0.6) is 0 Å². The second kappa shape index (κ2) is 8.03. The first-order valence-electron chi connectivity index (χ1n) is 10.1. The summed E-state index contributed by atoms with van der Waals surface area (Å²) in [5.74, 6) is 0. The number of hydrogen-bond acceptors (Lipinski definition) is 4. The van der Waals surface area contributed by atoms with Crippen LogP contribution in [-0.4, -0.2) is 41.8 Å². The number of aromatic nitrogens is 2. The minimum absolute atomic E-state index is 0.165. The minimum Gasteiger partial charge on any atom is -0.413 e. The summed E-state index contributed by atoms with van der Waals surface area (Å²) < 4.78 is 15.0. The third kappa shape index (κ3) is 3.72. The molecule has 150 valence electrons. The van der Waals surface area contributed by atoms with Crippen molar-refractivity contribution in [3.8, 4) is 0 Å². The summed E-state index contributed by atoms with van der Waals surface area (Å²) in [7, 11) is -1.96. The Morgan fingerprint density at radius 1 is 1.19 bits per heavy atom. The van der Waals surface area contributed by atoms with Crippen molar-refractivity contribution in [3.05, 3.63) is 30.7 Å². The molecule has 2 aromatic rings. The number of aliphatic hydroxyl groups is 1. The highest BCUT2D eigenvalue weighted by molar-refractivity contribution is 6.77. The molecule has 3 atom stereocenters. The summed E-state index contributed by atoms with van der Waals surface area (Å²) in [5, 5.41) is 11.7. The molecule has 1 fully saturated rings. The Kier molecular flexibility index (Phi) is 6.10. The Morgan fingerprint density at radius 3 is 2.48 bits per heavy atom. The lowest BCUT2D eigenvalue weighted by Gasteiger charge is -2.42. The van der Waals surface area contributed by atoms with E-state index in [1.54, 1.807) is 6.20 Å². The van der Waals surface area contributed by atoms with E-state index in [4.69, 9.17) is 9.16 Å². The van der Waals surface area contributed by atoms with Crippen molar-refractivity contribution in [2.45, 2.75) is 83.0 Å². The van der Waals surface area contributed by atoms with Gasteiger partial charge in [-0.05, 0) is 28.8 Å². The molecule has 0 bridgehead atoms. The molecule has 3 heterocycles. The smallest absolute Gasteiger partial charge is 0.200 e. The molecule has 0 saturated carbocycles. The fourth-order valence-electron chi connectivity index (χ4n) is 5.02. The molecule has 3 rings (SSSR count). The largest absolute Gasteiger partial charge is 0.413 e. The standard InChI is InChI=1S/C21H34N2O3Si/c1-14(2)27(15(3)4,16(5)6)25-13-20-19(24)11-21(26-20)23-10-8-17-12-22-9-7-18(17)23/h7-10,12,14-16,19-21,24H,11,13H2,1-6H3/t19-,20+,21+/m0/s1. The van der Waals surface area contributed by atoms with Crippen molar-refractivity contribution < 1.29 is 14.3 Å². The van der Waals surface area contributed by atoms with Crippen molar-refractivity contribution in [1.29, 1.82) is 0 Å². The Bertz CT molecular complexity index is 737. The molecule has 1 aliphatic rings. The van der Waals surface area contributed by atoms with E-state index in [1.165, 1.54) is 0 Å². The van der Waals surface area contributed by atoms with E-state index in [9.17, 15) is 5.11 Å². The monoisotopic (exact) mass is 390 g/mol. The van der Waals surface area contributed by atoms with Crippen LogP contribution in [0.2, 0.25) is 16.6 Å². The average Bonchev–Trinajstić information content (AvgIpc) is 3.18. The molecule has 27 heavy (non-hydrogen) atoms. The number of fused-ring (bicyclic) bond motifs is 1. The molecule has 1 aliphatic heterocycles. The summed E-state index contributed by atoms with van der Waals surface area (Å²) in [5.41, 5.74) is 2.65. The van der Waals surface area contributed by atoms with Crippen LogP contribution in [0, 0.1) is 0 Å². The maximum Gasteiger partial charge on any atom is 0.200 e. The van der Waals surface area contributed by atoms with Gasteiger partial charge in [-0.1, -0.05) is 41.5 Å². The van der Waals surface area contributed by atoms with Gasteiger partial charge in [0.25, 0.3) is 0 Å². The zero-order chi connectivity index (χ0) is 19.8. The van der Waals surface area contributed by atoms with Gasteiger partial charge in [0.05, 0.1) is 18.2 Å². The van der Waals surface area contributed by atoms with Crippen LogP contribution in [0.15, 0.2) is 30.7 Å². The van der Waals surface area contributed by atoms with Crippen LogP contribution in [-0.2, 0) is 9.16 Å². The fourth-order valence-corrected chi connectivity index (χ4v) is 10.5. The quantitative estimate of drug-likeness (QED) is 0.685. The molecule has 1 N–H and O–H groups in total. The number of hydrogen-bond donors (Lipinski definition) is 1. The normalized spacial score (nSPS) is 24.0. The molecule has 0 unspecified atom stereocenters. The molecule has 0 aromatic carbocycles. The molecule has 6 heteroatoms. The number of aliphatic hydroxyl groups excluding tert-OH is 1. The van der Waals surface area contributed by atoms with Crippen molar-refractivity contribution in [2.24, 2.45) is 0 Å². The van der Waals surface area contributed by atoms with E-state index >= 15 is 0 Å². The highest BCUT2D eigenvalue weighted by Crippen LogP contribution is 2.43. The molecule has 0 radical (unpaired) electrons. The van der Waals surface area contributed by atoms with Crippen molar-refractivity contribution >= 4 is 19.2 Å². The number of rotatable bonds is 7. The second-order valence-electron chi connectivity index (χ2n) is 8.72. The van der Waals surface area contributed by atoms with Crippen molar-refractivity contribution in [2.75, 3.05) is 6.61 Å². The van der Waals surface area contributed by atoms with Gasteiger partial charge in [0.2, 0.25) is 0 Å². The zero-order valence-corrected chi connectivity index (χ0v) is 18.4. The van der Waals surface area contributed by atoms with Crippen LogP contribution < -0.4 is 0 Å². The number of ether oxygens (including phenoxy) is 1. The SMILES string of the molecule is CC(C)[Si](OC[C@H]1O[C@@H](n2ccc3cnccc32)C[C@@H]1O)(C(C)C)C(C)C. The third-order valence-electron chi connectivity index (χ3n) is 6.24. The summed E-state index contributed by atoms with van der Waals surface area (Å²) in [6, 6.07) is 4.03. The first-order valence-corrected chi connectivity index (χ1v) is 12.3. The predicted octanol–water partition coefficient (Wildman–Crippen LogP) is 4.88. The van der Waals surface area contributed by atoms with E-state index in [0.717, 1.165) is 10.9 Å². The van der Waals surface area contributed by atoms with E-state index in [0.29, 0.717) is 29.7 Å². The van der Waals surface area contributed by atoms with E-state index in [-0.39, 0.29) is 12.3 Å². The molecule has 0 spiro atoms. The Hall–Kier alpha value is -1.21. The predicted molar refractivity (Wildman–Crippen MR) is 111 cm³/mol. The average molecular weight is 391 g/mol. The number of nitrogens with zero attached hydrogens (tertiary/aromatic N) is 2. The van der Waals surface area contributed by atoms with E-state index < -0.39 is 14.4 Å². The third-order valence-corrected chi connectivity index (χ3v) is 12.3. The molecule has 1 saturated heterocycles. The lowest BCUT2D eigenvalue weighted by Crippen LogP contribution is -2.49. The van der Waals surface area contributed by atoms with E-state index in [2.05, 4.69) is 51.1 Å². The Morgan fingerprint density at radius 2 is 1.85 bits per heavy atom. The van der Waals surface area contributed by atoms with E-state index in [1.807, 2.05) is 24.5 Å². The molecular weight excluding hydrogens is 356 g/mol. The van der Waals surface area contributed by atoms with Gasteiger partial charge in [-0.15, -0.1) is 0 Å². The lowest BCUT2D eigenvalue weighted by atomic mass is 10.2. The highest BCUT2D eigenvalue weighted by atomic mass is 28.4. The van der Waals surface area contributed by atoms with Gasteiger partial charge in [0.1, 0.15) is 12.3 Å². The van der Waals surface area contributed by atoms with Gasteiger partial charge < -0.3 is 18.8 Å². The van der Waals surface area contributed by atoms with Gasteiger partial charge >= 0.3 is 0 Å². The lowest BCUT2D eigenvalue weighted by molar-refractivity contribution is -0.0408. The topological polar surface area (TPSA) is 56.5 Å².